The van der Waals surface area contributed by atoms with Gasteiger partial charge in [-0.2, -0.15) is 11.8 Å². The van der Waals surface area contributed by atoms with Gasteiger partial charge in [0.1, 0.15) is 0 Å². The number of benzene rings is 1. The Morgan fingerprint density at radius 3 is 2.33 bits per heavy atom. The summed E-state index contributed by atoms with van der Waals surface area (Å²) in [7, 11) is 0. The monoisotopic (exact) mass is 330 g/mol. The predicted molar refractivity (Wildman–Crippen MR) is 95.1 cm³/mol. The van der Waals surface area contributed by atoms with Crippen molar-refractivity contribution in [3.8, 4) is 0 Å². The second-order valence-corrected chi connectivity index (χ2v) is 6.37. The summed E-state index contributed by atoms with van der Waals surface area (Å²) in [5, 5.41) is 3.04. The minimum absolute atomic E-state index is 0. The summed E-state index contributed by atoms with van der Waals surface area (Å²) < 4.78 is 0.145. The van der Waals surface area contributed by atoms with E-state index in [1.54, 1.807) is 0 Å². The summed E-state index contributed by atoms with van der Waals surface area (Å²) in [6, 6.07) is 9.53. The molecule has 0 aromatic heterocycles. The van der Waals surface area contributed by atoms with Gasteiger partial charge in [-0.15, -0.1) is 12.4 Å². The zero-order valence-electron chi connectivity index (χ0n) is 13.1. The Morgan fingerprint density at radius 2 is 1.86 bits per heavy atom. The Kier molecular flexibility index (Phi) is 9.75. The van der Waals surface area contributed by atoms with Gasteiger partial charge < -0.3 is 11.1 Å². The van der Waals surface area contributed by atoms with E-state index in [1.165, 1.54) is 0 Å². The first-order valence-corrected chi connectivity index (χ1v) is 8.41. The summed E-state index contributed by atoms with van der Waals surface area (Å²) in [4.78, 5) is 12.0. The number of hydrogen-bond acceptors (Lipinski definition) is 3. The molecule has 0 spiro atoms. The fourth-order valence-corrected chi connectivity index (χ4v) is 3.00. The third-order valence-electron chi connectivity index (χ3n) is 3.96. The van der Waals surface area contributed by atoms with Gasteiger partial charge in [0.15, 0.2) is 0 Å². The minimum atomic E-state index is -0.233. The van der Waals surface area contributed by atoms with Crippen molar-refractivity contribution >= 4 is 30.1 Å². The van der Waals surface area contributed by atoms with Gasteiger partial charge in [-0.05, 0) is 24.7 Å². The van der Waals surface area contributed by atoms with E-state index >= 15 is 0 Å². The number of carbonyl (C=O) groups excluding carboxylic acids is 1. The van der Waals surface area contributed by atoms with E-state index in [9.17, 15) is 4.79 Å². The van der Waals surface area contributed by atoms with Gasteiger partial charge in [0, 0.05) is 23.8 Å². The van der Waals surface area contributed by atoms with Gasteiger partial charge in [-0.1, -0.05) is 44.2 Å². The molecule has 3 N–H and O–H groups in total. The first kappa shape index (κ1) is 20.3. The molecule has 0 aliphatic carbocycles. The molecule has 0 saturated heterocycles. The van der Waals surface area contributed by atoms with E-state index in [0.717, 1.165) is 18.4 Å². The Balaban J connectivity index is 0.00000400. The summed E-state index contributed by atoms with van der Waals surface area (Å²) in [6.07, 6.45) is 4.54. The van der Waals surface area contributed by atoms with Crippen LogP contribution in [0.1, 0.15) is 44.7 Å². The van der Waals surface area contributed by atoms with Crippen LogP contribution < -0.4 is 11.1 Å². The van der Waals surface area contributed by atoms with E-state index in [0.29, 0.717) is 13.0 Å². The van der Waals surface area contributed by atoms with Gasteiger partial charge in [0.25, 0.3) is 0 Å². The van der Waals surface area contributed by atoms with Crippen molar-refractivity contribution in [3.63, 3.8) is 0 Å². The fourth-order valence-electron chi connectivity index (χ4n) is 2.21. The summed E-state index contributed by atoms with van der Waals surface area (Å²) in [5.41, 5.74) is 7.07. The topological polar surface area (TPSA) is 55.1 Å². The van der Waals surface area contributed by atoms with Crippen molar-refractivity contribution in [2.45, 2.75) is 43.9 Å². The fraction of sp³-hybridized carbons (Fsp3) is 0.562. The third kappa shape index (κ3) is 6.29. The zero-order valence-corrected chi connectivity index (χ0v) is 14.7. The lowest BCUT2D eigenvalue weighted by Crippen LogP contribution is -2.40. The molecule has 120 valence electrons. The quantitative estimate of drug-likeness (QED) is 0.766. The van der Waals surface area contributed by atoms with Crippen LogP contribution in [0.3, 0.4) is 0 Å². The van der Waals surface area contributed by atoms with Crippen molar-refractivity contribution in [3.05, 3.63) is 35.9 Å². The largest absolute Gasteiger partial charge is 0.355 e. The highest BCUT2D eigenvalue weighted by atomic mass is 35.5. The van der Waals surface area contributed by atoms with Crippen molar-refractivity contribution < 1.29 is 4.79 Å². The number of halogens is 1. The normalized spacial score (nSPS) is 12.4. The molecule has 0 aliphatic heterocycles. The lowest BCUT2D eigenvalue weighted by Gasteiger charge is -2.30. The molecule has 0 aliphatic rings. The van der Waals surface area contributed by atoms with Gasteiger partial charge in [0.2, 0.25) is 5.91 Å². The van der Waals surface area contributed by atoms with Crippen LogP contribution in [-0.4, -0.2) is 23.5 Å². The number of carbonyl (C=O) groups is 1. The van der Waals surface area contributed by atoms with Crippen LogP contribution in [0.5, 0.6) is 0 Å². The summed E-state index contributed by atoms with van der Waals surface area (Å²) in [6.45, 7) is 5.05. The molecule has 1 rings (SSSR count). The SMILES string of the molecule is CCC(CC)(CNC(=O)CC(N)c1ccccc1)SC.Cl. The lowest BCUT2D eigenvalue weighted by molar-refractivity contribution is -0.121. The summed E-state index contributed by atoms with van der Waals surface area (Å²) in [5.74, 6) is 0.0293. The lowest BCUT2D eigenvalue weighted by atomic mass is 10.0. The molecular weight excluding hydrogens is 304 g/mol. The highest BCUT2D eigenvalue weighted by Crippen LogP contribution is 2.29. The highest BCUT2D eigenvalue weighted by molar-refractivity contribution is 8.00. The van der Waals surface area contributed by atoms with Crippen LogP contribution >= 0.6 is 24.2 Å². The van der Waals surface area contributed by atoms with Crippen LogP contribution in [-0.2, 0) is 4.79 Å². The predicted octanol–water partition coefficient (Wildman–Crippen LogP) is 3.54. The molecule has 1 atom stereocenters. The van der Waals surface area contributed by atoms with Gasteiger partial charge in [-0.3, -0.25) is 4.79 Å². The second-order valence-electron chi connectivity index (χ2n) is 5.09. The van der Waals surface area contributed by atoms with Crippen LogP contribution in [0, 0.1) is 0 Å². The molecule has 1 unspecified atom stereocenters. The Morgan fingerprint density at radius 1 is 1.29 bits per heavy atom. The number of nitrogens with two attached hydrogens (primary N) is 1. The van der Waals surface area contributed by atoms with Crippen molar-refractivity contribution in [2.24, 2.45) is 5.73 Å². The van der Waals surface area contributed by atoms with Crippen LogP contribution in [0.2, 0.25) is 0 Å². The first-order chi connectivity index (χ1) is 9.56. The molecule has 1 amide bonds. The van der Waals surface area contributed by atoms with E-state index < -0.39 is 0 Å². The van der Waals surface area contributed by atoms with Crippen LogP contribution in [0.15, 0.2) is 30.3 Å². The number of hydrogen-bond donors (Lipinski definition) is 2. The molecular formula is C16H27ClN2OS. The Hall–Kier alpha value is -0.710. The Labute approximate surface area is 138 Å². The summed E-state index contributed by atoms with van der Waals surface area (Å²) >= 11 is 1.83. The number of thioether (sulfide) groups is 1. The number of amides is 1. The second kappa shape index (κ2) is 10.1. The van der Waals surface area contributed by atoms with Crippen LogP contribution in [0.25, 0.3) is 0 Å². The molecule has 21 heavy (non-hydrogen) atoms. The molecule has 1 aromatic carbocycles. The van der Waals surface area contributed by atoms with Crippen molar-refractivity contribution in [1.82, 2.24) is 5.32 Å². The number of nitrogens with one attached hydrogen (secondary N) is 1. The van der Waals surface area contributed by atoms with Crippen LogP contribution in [0.4, 0.5) is 0 Å². The third-order valence-corrected chi connectivity index (χ3v) is 5.55. The molecule has 0 radical (unpaired) electrons. The van der Waals surface area contributed by atoms with Crippen molar-refractivity contribution in [1.29, 1.82) is 0 Å². The van der Waals surface area contributed by atoms with E-state index in [-0.39, 0.29) is 29.1 Å². The molecule has 0 bridgehead atoms. The number of rotatable bonds is 8. The molecule has 1 aromatic rings. The maximum Gasteiger partial charge on any atom is 0.221 e. The smallest absolute Gasteiger partial charge is 0.221 e. The maximum atomic E-state index is 12.0. The van der Waals surface area contributed by atoms with E-state index in [4.69, 9.17) is 5.73 Å². The maximum absolute atomic E-state index is 12.0. The molecule has 0 saturated carbocycles. The average molecular weight is 331 g/mol. The van der Waals surface area contributed by atoms with Crippen molar-refractivity contribution in [2.75, 3.05) is 12.8 Å². The molecule has 5 heteroatoms. The Bertz CT molecular complexity index is 402. The first-order valence-electron chi connectivity index (χ1n) is 7.19. The minimum Gasteiger partial charge on any atom is -0.355 e. The zero-order chi connectivity index (χ0) is 15.0. The molecule has 0 heterocycles. The molecule has 3 nitrogen and oxygen atoms in total. The van der Waals surface area contributed by atoms with Gasteiger partial charge in [0.05, 0.1) is 0 Å². The van der Waals surface area contributed by atoms with Gasteiger partial charge in [-0.25, -0.2) is 0 Å². The van der Waals surface area contributed by atoms with Gasteiger partial charge >= 0.3 is 0 Å². The standard InChI is InChI=1S/C16H26N2OS.ClH/c1-4-16(5-2,20-3)12-18-15(19)11-14(17)13-9-7-6-8-10-13;/h6-10,14H,4-5,11-12,17H2,1-3H3,(H,18,19);1H. The average Bonchev–Trinajstić information content (AvgIpc) is 2.50. The van der Waals surface area contributed by atoms with E-state index in [2.05, 4.69) is 25.4 Å². The van der Waals surface area contributed by atoms with E-state index in [1.807, 2.05) is 42.1 Å². The molecule has 0 fully saturated rings. The highest BCUT2D eigenvalue weighted by Gasteiger charge is 2.25.